The number of nitrogens with one attached hydrogen (secondary N) is 1. The first-order chi connectivity index (χ1) is 5.89. The van der Waals surface area contributed by atoms with Crippen molar-refractivity contribution in [2.45, 2.75) is 53.5 Å². The summed E-state index contributed by atoms with van der Waals surface area (Å²) in [6.45, 7) is 11.9. The largest absolute Gasteiger partial charge is 0.317 e. The molecule has 0 heterocycles. The van der Waals surface area contributed by atoms with Crippen molar-refractivity contribution in [1.82, 2.24) is 5.32 Å². The van der Waals surface area contributed by atoms with Crippen LogP contribution in [0.1, 0.15) is 47.5 Å². The predicted molar refractivity (Wildman–Crippen MR) is 58.8 cm³/mol. The van der Waals surface area contributed by atoms with E-state index in [1.165, 1.54) is 12.8 Å². The van der Waals surface area contributed by atoms with E-state index >= 15 is 0 Å². The molecule has 0 aromatic rings. The summed E-state index contributed by atoms with van der Waals surface area (Å²) in [7, 11) is 2.10. The zero-order valence-corrected chi connectivity index (χ0v) is 10.1. The normalized spacial score (nSPS) is 27.2. The van der Waals surface area contributed by atoms with Gasteiger partial charge in [0.05, 0.1) is 0 Å². The molecule has 0 amide bonds. The second kappa shape index (κ2) is 3.27. The van der Waals surface area contributed by atoms with E-state index in [2.05, 4.69) is 47.0 Å². The van der Waals surface area contributed by atoms with Crippen LogP contribution in [0.25, 0.3) is 0 Å². The topological polar surface area (TPSA) is 12.0 Å². The second-order valence-electron chi connectivity index (χ2n) is 5.60. The van der Waals surface area contributed by atoms with Crippen LogP contribution < -0.4 is 5.32 Å². The zero-order chi connectivity index (χ0) is 10.3. The van der Waals surface area contributed by atoms with Gasteiger partial charge in [-0.25, -0.2) is 0 Å². The minimum atomic E-state index is 0.524. The van der Waals surface area contributed by atoms with Crippen LogP contribution >= 0.6 is 0 Å². The summed E-state index contributed by atoms with van der Waals surface area (Å²) in [5.74, 6) is 0.852. The van der Waals surface area contributed by atoms with Gasteiger partial charge in [0.25, 0.3) is 0 Å². The van der Waals surface area contributed by atoms with E-state index < -0.39 is 0 Å². The summed E-state index contributed by atoms with van der Waals surface area (Å²) in [6, 6.07) is 0.718. The Morgan fingerprint density at radius 2 is 1.62 bits per heavy atom. The van der Waals surface area contributed by atoms with Crippen molar-refractivity contribution in [1.29, 1.82) is 0 Å². The Morgan fingerprint density at radius 1 is 1.15 bits per heavy atom. The molecular weight excluding hydrogens is 158 g/mol. The molecule has 1 heteroatoms. The fourth-order valence-electron chi connectivity index (χ4n) is 3.04. The SMILES string of the molecule is CCCC(NC)C1C(C)(C)C1(C)C. The summed E-state index contributed by atoms with van der Waals surface area (Å²) in [6.07, 6.45) is 2.60. The molecule has 0 radical (unpaired) electrons. The molecule has 1 saturated carbocycles. The molecule has 0 aromatic carbocycles. The van der Waals surface area contributed by atoms with Crippen LogP contribution in [0.15, 0.2) is 0 Å². The van der Waals surface area contributed by atoms with Crippen LogP contribution in [-0.4, -0.2) is 13.1 Å². The Labute approximate surface area is 83.3 Å². The molecule has 1 rings (SSSR count). The molecule has 0 aromatic heterocycles. The summed E-state index contributed by atoms with van der Waals surface area (Å²) in [5.41, 5.74) is 1.05. The highest BCUT2D eigenvalue weighted by atomic mass is 14.9. The lowest BCUT2D eigenvalue weighted by Crippen LogP contribution is -2.29. The number of hydrogen-bond donors (Lipinski definition) is 1. The molecule has 1 unspecified atom stereocenters. The third-order valence-electron chi connectivity index (χ3n) is 4.51. The highest BCUT2D eigenvalue weighted by Gasteiger charge is 2.66. The van der Waals surface area contributed by atoms with E-state index in [0.29, 0.717) is 10.8 Å². The highest BCUT2D eigenvalue weighted by molar-refractivity contribution is 5.15. The van der Waals surface area contributed by atoms with Gasteiger partial charge in [-0.3, -0.25) is 0 Å². The highest BCUT2D eigenvalue weighted by Crippen LogP contribution is 2.69. The Kier molecular flexibility index (Phi) is 2.78. The maximum Gasteiger partial charge on any atom is 0.0103 e. The first-order valence-corrected chi connectivity index (χ1v) is 5.56. The Morgan fingerprint density at radius 3 is 1.85 bits per heavy atom. The minimum absolute atomic E-state index is 0.524. The van der Waals surface area contributed by atoms with Crippen molar-refractivity contribution in [2.24, 2.45) is 16.7 Å². The van der Waals surface area contributed by atoms with E-state index in [1.807, 2.05) is 0 Å². The summed E-state index contributed by atoms with van der Waals surface area (Å²) in [5, 5.41) is 3.48. The maximum absolute atomic E-state index is 3.48. The quantitative estimate of drug-likeness (QED) is 0.706. The standard InChI is InChI=1S/C12H25N/c1-7-8-9(13-6)10-11(2,3)12(10,4)5/h9-10,13H,7-8H2,1-6H3. The van der Waals surface area contributed by atoms with Crippen LogP contribution in [0.3, 0.4) is 0 Å². The lowest BCUT2D eigenvalue weighted by atomic mass is 10.0. The van der Waals surface area contributed by atoms with E-state index in [9.17, 15) is 0 Å². The third-order valence-corrected chi connectivity index (χ3v) is 4.51. The molecular formula is C12H25N. The molecule has 13 heavy (non-hydrogen) atoms. The molecule has 1 N–H and O–H groups in total. The minimum Gasteiger partial charge on any atom is -0.317 e. The van der Waals surface area contributed by atoms with E-state index in [0.717, 1.165) is 12.0 Å². The van der Waals surface area contributed by atoms with Crippen LogP contribution in [0.4, 0.5) is 0 Å². The molecule has 0 spiro atoms. The summed E-state index contributed by atoms with van der Waals surface area (Å²) in [4.78, 5) is 0. The first-order valence-electron chi connectivity index (χ1n) is 5.56. The Bertz CT molecular complexity index is 168. The Hall–Kier alpha value is -0.0400. The molecule has 78 valence electrons. The molecule has 1 aliphatic carbocycles. The van der Waals surface area contributed by atoms with Crippen LogP contribution in [0.2, 0.25) is 0 Å². The molecule has 1 aliphatic rings. The van der Waals surface area contributed by atoms with Crippen LogP contribution in [-0.2, 0) is 0 Å². The number of rotatable bonds is 4. The van der Waals surface area contributed by atoms with Gasteiger partial charge < -0.3 is 5.32 Å². The van der Waals surface area contributed by atoms with E-state index in [-0.39, 0.29) is 0 Å². The lowest BCUT2D eigenvalue weighted by Gasteiger charge is -2.17. The van der Waals surface area contributed by atoms with Gasteiger partial charge in [-0.05, 0) is 30.2 Å². The molecule has 0 saturated heterocycles. The van der Waals surface area contributed by atoms with Crippen molar-refractivity contribution >= 4 is 0 Å². The summed E-state index contributed by atoms with van der Waals surface area (Å²) >= 11 is 0. The van der Waals surface area contributed by atoms with E-state index in [4.69, 9.17) is 0 Å². The Balaban J connectivity index is 2.64. The van der Waals surface area contributed by atoms with Gasteiger partial charge in [0.2, 0.25) is 0 Å². The second-order valence-corrected chi connectivity index (χ2v) is 5.60. The van der Waals surface area contributed by atoms with Gasteiger partial charge in [0, 0.05) is 6.04 Å². The first kappa shape index (κ1) is 11.0. The van der Waals surface area contributed by atoms with Gasteiger partial charge in [-0.15, -0.1) is 0 Å². The van der Waals surface area contributed by atoms with Crippen molar-refractivity contribution < 1.29 is 0 Å². The molecule has 0 bridgehead atoms. The van der Waals surface area contributed by atoms with Crippen molar-refractivity contribution in [3.8, 4) is 0 Å². The van der Waals surface area contributed by atoms with Gasteiger partial charge in [0.1, 0.15) is 0 Å². The molecule has 1 atom stereocenters. The molecule has 1 nitrogen and oxygen atoms in total. The van der Waals surface area contributed by atoms with Crippen LogP contribution in [0, 0.1) is 16.7 Å². The maximum atomic E-state index is 3.48. The molecule has 1 fully saturated rings. The van der Waals surface area contributed by atoms with Gasteiger partial charge in [-0.2, -0.15) is 0 Å². The lowest BCUT2D eigenvalue weighted by molar-refractivity contribution is 0.397. The predicted octanol–water partition coefficient (Wildman–Crippen LogP) is 3.06. The average molecular weight is 183 g/mol. The van der Waals surface area contributed by atoms with E-state index in [1.54, 1.807) is 0 Å². The van der Waals surface area contributed by atoms with Gasteiger partial charge in [-0.1, -0.05) is 41.0 Å². The van der Waals surface area contributed by atoms with Crippen molar-refractivity contribution in [3.63, 3.8) is 0 Å². The van der Waals surface area contributed by atoms with Crippen LogP contribution in [0.5, 0.6) is 0 Å². The molecule has 0 aliphatic heterocycles. The third kappa shape index (κ3) is 1.52. The monoisotopic (exact) mass is 183 g/mol. The number of hydrogen-bond acceptors (Lipinski definition) is 1. The fourth-order valence-corrected chi connectivity index (χ4v) is 3.04. The average Bonchev–Trinajstić information content (AvgIpc) is 2.40. The van der Waals surface area contributed by atoms with Gasteiger partial charge >= 0.3 is 0 Å². The zero-order valence-electron chi connectivity index (χ0n) is 10.1. The summed E-state index contributed by atoms with van der Waals surface area (Å²) < 4.78 is 0. The van der Waals surface area contributed by atoms with Crippen molar-refractivity contribution in [3.05, 3.63) is 0 Å². The van der Waals surface area contributed by atoms with Gasteiger partial charge in [0.15, 0.2) is 0 Å². The fraction of sp³-hybridized carbons (Fsp3) is 1.00. The smallest absolute Gasteiger partial charge is 0.0103 e. The van der Waals surface area contributed by atoms with Crippen molar-refractivity contribution in [2.75, 3.05) is 7.05 Å².